The average molecular weight is 568 g/mol. The molecular weight excluding hydrogens is 530 g/mol. The minimum atomic E-state index is -4.19. The summed E-state index contributed by atoms with van der Waals surface area (Å²) >= 11 is 0. The van der Waals surface area contributed by atoms with Gasteiger partial charge in [-0.1, -0.05) is 47.5 Å². The zero-order valence-electron chi connectivity index (χ0n) is 23.8. The first-order valence-corrected chi connectivity index (χ1v) is 14.4. The molecule has 214 valence electrons. The minimum Gasteiger partial charge on any atom is -0.493 e. The largest absolute Gasteiger partial charge is 0.493 e. The molecule has 9 nitrogen and oxygen atoms in total. The molecule has 0 spiro atoms. The summed E-state index contributed by atoms with van der Waals surface area (Å²) in [6.07, 6.45) is 0. The fraction of sp³-hybridized carbons (Fsp3) is 0.333. The van der Waals surface area contributed by atoms with Crippen LogP contribution in [-0.4, -0.2) is 58.5 Å². The smallest absolute Gasteiger partial charge is 0.264 e. The van der Waals surface area contributed by atoms with Crippen LogP contribution in [0.5, 0.6) is 11.5 Å². The number of carbonyl (C=O) groups is 2. The molecule has 3 aromatic carbocycles. The average Bonchev–Trinajstić information content (AvgIpc) is 2.94. The van der Waals surface area contributed by atoms with Crippen LogP contribution in [0.3, 0.4) is 0 Å². The Morgan fingerprint density at radius 2 is 1.57 bits per heavy atom. The van der Waals surface area contributed by atoms with Gasteiger partial charge in [0.2, 0.25) is 11.8 Å². The molecule has 0 unspecified atom stereocenters. The predicted molar refractivity (Wildman–Crippen MR) is 155 cm³/mol. The van der Waals surface area contributed by atoms with Crippen molar-refractivity contribution in [2.45, 2.75) is 45.2 Å². The molecule has 0 saturated heterocycles. The highest BCUT2D eigenvalue weighted by Gasteiger charge is 2.33. The SMILES string of the molecule is CCNC(=O)[C@@H](C)N(Cc1cccc(C)c1)C(=O)CN(c1ccc(OC)c(OC)c1)S(=O)(=O)c1ccc(C)cc1. The number of sulfonamides is 1. The number of carbonyl (C=O) groups excluding carboxylic acids is 2. The Balaban J connectivity index is 2.09. The fourth-order valence-electron chi connectivity index (χ4n) is 4.26. The van der Waals surface area contributed by atoms with Gasteiger partial charge >= 0.3 is 0 Å². The van der Waals surface area contributed by atoms with E-state index in [0.29, 0.717) is 18.0 Å². The van der Waals surface area contributed by atoms with Gasteiger partial charge in [0.1, 0.15) is 12.6 Å². The molecule has 40 heavy (non-hydrogen) atoms. The number of nitrogens with one attached hydrogen (secondary N) is 1. The molecule has 10 heteroatoms. The van der Waals surface area contributed by atoms with Gasteiger partial charge in [-0.3, -0.25) is 13.9 Å². The maximum atomic E-state index is 14.0. The second-order valence-corrected chi connectivity index (χ2v) is 11.3. The molecule has 1 N–H and O–H groups in total. The van der Waals surface area contributed by atoms with E-state index >= 15 is 0 Å². The fourth-order valence-corrected chi connectivity index (χ4v) is 5.66. The molecule has 0 bridgehead atoms. The van der Waals surface area contributed by atoms with Crippen LogP contribution in [-0.2, 0) is 26.2 Å². The number of hydrogen-bond donors (Lipinski definition) is 1. The number of anilines is 1. The Bertz CT molecular complexity index is 1440. The maximum absolute atomic E-state index is 14.0. The molecule has 0 radical (unpaired) electrons. The van der Waals surface area contributed by atoms with E-state index in [1.54, 1.807) is 38.1 Å². The maximum Gasteiger partial charge on any atom is 0.264 e. The van der Waals surface area contributed by atoms with Gasteiger partial charge < -0.3 is 19.7 Å². The van der Waals surface area contributed by atoms with E-state index in [1.807, 2.05) is 38.1 Å². The highest BCUT2D eigenvalue weighted by atomic mass is 32.2. The van der Waals surface area contributed by atoms with Crippen LogP contribution in [0.2, 0.25) is 0 Å². The zero-order valence-corrected chi connectivity index (χ0v) is 24.6. The number of amides is 2. The van der Waals surface area contributed by atoms with Crippen LogP contribution in [0.25, 0.3) is 0 Å². The Morgan fingerprint density at radius 1 is 0.900 bits per heavy atom. The number of rotatable bonds is 12. The van der Waals surface area contributed by atoms with Crippen LogP contribution in [0.15, 0.2) is 71.6 Å². The van der Waals surface area contributed by atoms with Gasteiger partial charge in [0, 0.05) is 19.2 Å². The van der Waals surface area contributed by atoms with Gasteiger partial charge in [-0.25, -0.2) is 8.42 Å². The van der Waals surface area contributed by atoms with Crippen LogP contribution < -0.4 is 19.1 Å². The van der Waals surface area contributed by atoms with Crippen molar-refractivity contribution >= 4 is 27.5 Å². The van der Waals surface area contributed by atoms with Crippen molar-refractivity contribution in [2.24, 2.45) is 0 Å². The van der Waals surface area contributed by atoms with Crippen molar-refractivity contribution in [3.8, 4) is 11.5 Å². The first kappa shape index (κ1) is 30.5. The lowest BCUT2D eigenvalue weighted by Gasteiger charge is -2.32. The van der Waals surface area contributed by atoms with Gasteiger partial charge in [-0.05, 0) is 57.5 Å². The van der Waals surface area contributed by atoms with E-state index in [0.717, 1.165) is 21.0 Å². The van der Waals surface area contributed by atoms with Crippen molar-refractivity contribution in [1.29, 1.82) is 0 Å². The van der Waals surface area contributed by atoms with Gasteiger partial charge in [-0.15, -0.1) is 0 Å². The van der Waals surface area contributed by atoms with E-state index in [-0.39, 0.29) is 23.0 Å². The lowest BCUT2D eigenvalue weighted by atomic mass is 10.1. The van der Waals surface area contributed by atoms with Gasteiger partial charge in [0.25, 0.3) is 10.0 Å². The van der Waals surface area contributed by atoms with Gasteiger partial charge in [-0.2, -0.15) is 0 Å². The summed E-state index contributed by atoms with van der Waals surface area (Å²) in [4.78, 5) is 28.2. The van der Waals surface area contributed by atoms with Crippen molar-refractivity contribution in [3.63, 3.8) is 0 Å². The molecule has 0 saturated carbocycles. The molecule has 0 aromatic heterocycles. The Hall–Kier alpha value is -4.05. The van der Waals surface area contributed by atoms with Crippen LogP contribution in [0.1, 0.15) is 30.5 Å². The highest BCUT2D eigenvalue weighted by molar-refractivity contribution is 7.92. The number of aryl methyl sites for hydroxylation is 2. The number of likely N-dealkylation sites (N-methyl/N-ethyl adjacent to an activating group) is 1. The summed E-state index contributed by atoms with van der Waals surface area (Å²) < 4.78 is 39.7. The Kier molecular flexibility index (Phi) is 10.2. The Morgan fingerprint density at radius 3 is 2.17 bits per heavy atom. The van der Waals surface area contributed by atoms with Crippen molar-refractivity contribution in [3.05, 3.63) is 83.4 Å². The van der Waals surface area contributed by atoms with Gasteiger partial charge in [0.05, 0.1) is 24.8 Å². The number of benzene rings is 3. The molecular formula is C30H37N3O6S. The molecule has 3 rings (SSSR count). The van der Waals surface area contributed by atoms with Gasteiger partial charge in [0.15, 0.2) is 11.5 Å². The lowest BCUT2D eigenvalue weighted by Crippen LogP contribution is -2.51. The quantitative estimate of drug-likeness (QED) is 0.354. The standard InChI is InChI=1S/C30H37N3O6S/c1-7-31-30(35)23(4)32(19-24-10-8-9-22(3)17-24)29(34)20-33(25-13-16-27(38-5)28(18-25)39-6)40(36,37)26-14-11-21(2)12-15-26/h8-18,23H,7,19-20H2,1-6H3,(H,31,35)/t23-/m1/s1. The third kappa shape index (κ3) is 7.12. The monoisotopic (exact) mass is 567 g/mol. The molecule has 1 atom stereocenters. The summed E-state index contributed by atoms with van der Waals surface area (Å²) in [5.41, 5.74) is 2.94. The molecule has 3 aromatic rings. The molecule has 0 aliphatic carbocycles. The third-order valence-corrected chi connectivity index (χ3v) is 8.28. The summed E-state index contributed by atoms with van der Waals surface area (Å²) in [6, 6.07) is 17.8. The number of methoxy groups -OCH3 is 2. The predicted octanol–water partition coefficient (Wildman–Crippen LogP) is 4.07. The van der Waals surface area contributed by atoms with Crippen LogP contribution in [0, 0.1) is 13.8 Å². The molecule has 0 aliphatic heterocycles. The topological polar surface area (TPSA) is 105 Å². The third-order valence-electron chi connectivity index (χ3n) is 6.50. The summed E-state index contributed by atoms with van der Waals surface area (Å²) in [5.74, 6) is -0.145. The first-order valence-electron chi connectivity index (χ1n) is 13.0. The van der Waals surface area contributed by atoms with Crippen molar-refractivity contribution < 1.29 is 27.5 Å². The van der Waals surface area contributed by atoms with Crippen LogP contribution in [0.4, 0.5) is 5.69 Å². The normalized spacial score (nSPS) is 11.8. The summed E-state index contributed by atoms with van der Waals surface area (Å²) in [7, 11) is -1.26. The summed E-state index contributed by atoms with van der Waals surface area (Å²) in [5, 5.41) is 2.76. The van der Waals surface area contributed by atoms with E-state index in [1.165, 1.54) is 37.3 Å². The van der Waals surface area contributed by atoms with Crippen molar-refractivity contribution in [2.75, 3.05) is 31.6 Å². The second kappa shape index (κ2) is 13.3. The van der Waals surface area contributed by atoms with E-state index in [4.69, 9.17) is 9.47 Å². The minimum absolute atomic E-state index is 0.0303. The zero-order chi connectivity index (χ0) is 29.4. The van der Waals surface area contributed by atoms with E-state index in [2.05, 4.69) is 5.32 Å². The highest BCUT2D eigenvalue weighted by Crippen LogP contribution is 2.34. The second-order valence-electron chi connectivity index (χ2n) is 9.45. The number of hydrogen-bond acceptors (Lipinski definition) is 6. The molecule has 0 aliphatic rings. The van der Waals surface area contributed by atoms with Crippen molar-refractivity contribution in [1.82, 2.24) is 10.2 Å². The number of nitrogens with zero attached hydrogens (tertiary/aromatic N) is 2. The summed E-state index contributed by atoms with van der Waals surface area (Å²) in [6.45, 7) is 7.21. The number of ether oxygens (including phenoxy) is 2. The molecule has 0 fully saturated rings. The van der Waals surface area contributed by atoms with E-state index in [9.17, 15) is 18.0 Å². The Labute approximate surface area is 236 Å². The lowest BCUT2D eigenvalue weighted by molar-refractivity contribution is -0.139. The molecule has 2 amide bonds. The van der Waals surface area contributed by atoms with E-state index < -0.39 is 28.5 Å². The first-order chi connectivity index (χ1) is 19.0. The van der Waals surface area contributed by atoms with Crippen LogP contribution >= 0.6 is 0 Å². The molecule has 0 heterocycles.